The average Bonchev–Trinajstić information content (AvgIpc) is 3.15. The molecule has 0 aromatic carbocycles. The van der Waals surface area contributed by atoms with E-state index >= 15 is 0 Å². The van der Waals surface area contributed by atoms with Crippen molar-refractivity contribution in [1.29, 1.82) is 0 Å². The molecule has 2 aliphatic heterocycles. The highest BCUT2D eigenvalue weighted by Gasteiger charge is 2.54. The predicted molar refractivity (Wildman–Crippen MR) is 218 cm³/mol. The third-order valence-electron chi connectivity index (χ3n) is 10.3. The zero-order valence-electron chi connectivity index (χ0n) is 34.2. The molecule has 0 unspecified atom stereocenters. The van der Waals surface area contributed by atoms with Gasteiger partial charge in [-0.3, -0.25) is 14.4 Å². The number of ketones is 1. The average molecular weight is 781 g/mol. The quantitative estimate of drug-likeness (QED) is 0.0432. The summed E-state index contributed by atoms with van der Waals surface area (Å²) in [5.74, 6) is -4.43. The molecule has 12 heteroatoms. The Morgan fingerprint density at radius 1 is 1.02 bits per heavy atom. The molecular weight excluding hydrogens is 716 g/mol. The maximum atomic E-state index is 13.2. The summed E-state index contributed by atoms with van der Waals surface area (Å²) in [5.41, 5.74) is 0.274. The Labute approximate surface area is 332 Å². The number of hydrogen-bond acceptors (Lipinski definition) is 10. The smallest absolute Gasteiger partial charge is 0.261 e. The van der Waals surface area contributed by atoms with Gasteiger partial charge in [0.25, 0.3) is 5.91 Å². The van der Waals surface area contributed by atoms with E-state index in [-0.39, 0.29) is 49.2 Å². The molecule has 2 fully saturated rings. The van der Waals surface area contributed by atoms with E-state index < -0.39 is 59.5 Å². The first-order valence-electron chi connectivity index (χ1n) is 19.3. The van der Waals surface area contributed by atoms with Gasteiger partial charge in [-0.05, 0) is 57.8 Å². The molecule has 0 bridgehead atoms. The number of amides is 2. The highest BCUT2D eigenvalue weighted by Crippen LogP contribution is 2.44. The van der Waals surface area contributed by atoms with Gasteiger partial charge in [-0.15, -0.1) is 0 Å². The van der Waals surface area contributed by atoms with Gasteiger partial charge in [0.2, 0.25) is 5.91 Å². The number of Topliss-reactive ketones (excluding diaryl/α,β-unsaturated/α-hetero) is 1. The minimum atomic E-state index is -1.88. The number of aliphatic hydroxyl groups excluding tert-OH is 4. The van der Waals surface area contributed by atoms with Crippen LogP contribution in [0.1, 0.15) is 80.6 Å². The Morgan fingerprint density at radius 3 is 2.34 bits per heavy atom. The molecule has 12 nitrogen and oxygen atoms in total. The van der Waals surface area contributed by atoms with Crippen molar-refractivity contribution < 1.29 is 49.4 Å². The molecule has 7 atom stereocenters. The molecule has 0 aromatic rings. The molecule has 56 heavy (non-hydrogen) atoms. The van der Waals surface area contributed by atoms with Gasteiger partial charge < -0.3 is 45.2 Å². The van der Waals surface area contributed by atoms with E-state index in [1.165, 1.54) is 18.2 Å². The van der Waals surface area contributed by atoms with Crippen molar-refractivity contribution in [2.24, 2.45) is 11.3 Å². The number of hydrogen-bond donors (Lipinski definition) is 6. The second-order valence-corrected chi connectivity index (χ2v) is 14.7. The van der Waals surface area contributed by atoms with Crippen molar-refractivity contribution in [2.45, 2.75) is 117 Å². The maximum Gasteiger partial charge on any atom is 0.261 e. The van der Waals surface area contributed by atoms with Crippen molar-refractivity contribution in [3.8, 4) is 0 Å². The van der Waals surface area contributed by atoms with Crippen LogP contribution in [-0.2, 0) is 23.9 Å². The normalized spacial score (nSPS) is 26.0. The van der Waals surface area contributed by atoms with Crippen LogP contribution in [0.3, 0.4) is 0 Å². The molecule has 2 saturated heterocycles. The molecule has 2 heterocycles. The van der Waals surface area contributed by atoms with Gasteiger partial charge in [0.1, 0.15) is 11.3 Å². The Balaban J connectivity index is 1.91. The topological polar surface area (TPSA) is 186 Å². The van der Waals surface area contributed by atoms with Crippen LogP contribution in [0.25, 0.3) is 0 Å². The molecule has 2 rings (SSSR count). The second-order valence-electron chi connectivity index (χ2n) is 14.7. The molecule has 2 aliphatic rings. The Bertz CT molecular complexity index is 1610. The van der Waals surface area contributed by atoms with E-state index in [0.717, 1.165) is 5.57 Å². The summed E-state index contributed by atoms with van der Waals surface area (Å²) in [4.78, 5) is 39.5. The Morgan fingerprint density at radius 2 is 1.70 bits per heavy atom. The van der Waals surface area contributed by atoms with Crippen LogP contribution in [-0.4, -0.2) is 105 Å². The number of carbonyl (C=O) groups is 3. The van der Waals surface area contributed by atoms with Crippen LogP contribution in [0.2, 0.25) is 0 Å². The number of methoxy groups -OCH3 is 1. The summed E-state index contributed by atoms with van der Waals surface area (Å²) in [6.07, 6.45) is 20.4. The van der Waals surface area contributed by atoms with Crippen molar-refractivity contribution >= 4 is 17.6 Å². The summed E-state index contributed by atoms with van der Waals surface area (Å²) >= 11 is 0. The number of carbonyl (C=O) groups excluding carboxylic acids is 3. The summed E-state index contributed by atoms with van der Waals surface area (Å²) in [6.45, 7) is 13.4. The molecule has 6 N–H and O–H groups in total. The van der Waals surface area contributed by atoms with E-state index in [4.69, 9.17) is 9.47 Å². The number of nitrogens with one attached hydrogen (secondary N) is 1. The number of piperidine rings is 1. The number of rotatable bonds is 19. The molecule has 310 valence electrons. The Hall–Kier alpha value is -4.17. The van der Waals surface area contributed by atoms with Gasteiger partial charge >= 0.3 is 0 Å². The summed E-state index contributed by atoms with van der Waals surface area (Å²) in [6, 6.07) is 0. The molecule has 0 saturated carbocycles. The zero-order chi connectivity index (χ0) is 42.1. The number of ether oxygens (including phenoxy) is 2. The predicted octanol–water partition coefficient (Wildman–Crippen LogP) is 5.35. The highest BCUT2D eigenvalue weighted by molar-refractivity contribution is 6.21. The fourth-order valence-electron chi connectivity index (χ4n) is 6.43. The largest absolute Gasteiger partial charge is 0.507 e. The zero-order valence-corrected chi connectivity index (χ0v) is 34.2. The van der Waals surface area contributed by atoms with E-state index in [1.54, 1.807) is 87.6 Å². The Kier molecular flexibility index (Phi) is 19.8. The lowest BCUT2D eigenvalue weighted by Gasteiger charge is -2.50. The van der Waals surface area contributed by atoms with Crippen LogP contribution in [0.15, 0.2) is 108 Å². The third-order valence-corrected chi connectivity index (χ3v) is 10.3. The first-order chi connectivity index (χ1) is 26.5. The summed E-state index contributed by atoms with van der Waals surface area (Å²) in [5, 5.41) is 56.9. The van der Waals surface area contributed by atoms with Gasteiger partial charge in [0.05, 0.1) is 36.4 Å². The third kappa shape index (κ3) is 13.5. The number of aliphatic hydroxyl groups is 5. The van der Waals surface area contributed by atoms with E-state index in [1.807, 2.05) is 39.8 Å². The molecule has 0 radical (unpaired) electrons. The first-order valence-corrected chi connectivity index (χ1v) is 19.3. The lowest BCUT2D eigenvalue weighted by atomic mass is 9.72. The standard InChI is InChI=1S/C44H64N2O10/c1-9-12-17-24-38-43(6,7)37(50)29-44(54,56-38)32(10-2)41(52)45-26-20-22-30(4)36(55-8)28-35(49)33(47)23-19-16-14-13-15-18-21-31(5)40(51)39-34(48)25-27-46(11-3)42(39)53/h9,12-22,24,26,32-33,35-38,47,49-51,54H,10-11,23,25,27-29H2,1-8H3,(H,45,52)/b12-9-,14-13+,18-15+,19-16-,24-17+,26-20+,30-22+,31-21+,40-39?/t32-,33-,35+,36+,37+,38+,44+/m1/s1. The van der Waals surface area contributed by atoms with Gasteiger partial charge in [0, 0.05) is 51.1 Å². The number of allylic oxidation sites excluding steroid dienone is 12. The fourth-order valence-corrected chi connectivity index (χ4v) is 6.43. The lowest BCUT2D eigenvalue weighted by molar-refractivity contribution is -0.314. The first kappa shape index (κ1) is 48.0. The molecule has 2 amide bonds. The van der Waals surface area contributed by atoms with Crippen LogP contribution in [0.5, 0.6) is 0 Å². The van der Waals surface area contributed by atoms with Crippen molar-refractivity contribution in [1.82, 2.24) is 10.2 Å². The molecule has 0 spiro atoms. The van der Waals surface area contributed by atoms with E-state index in [2.05, 4.69) is 5.32 Å². The van der Waals surface area contributed by atoms with Gasteiger partial charge in [-0.1, -0.05) is 93.7 Å². The SMILES string of the molecule is C/C=C\C=C\[C@@H]1O[C@](O)([C@H](CC)C(=O)N/C=C/C=C(\C)[C@H](C[C@H](O)[C@H](O)C\C=C/C=C/C=C/C=C(\C)C(O)=C2C(=O)CCN(CC)C2=O)OC)C[C@H](O)C1(C)C. The number of nitrogens with zero attached hydrogens (tertiary/aromatic N) is 1. The minimum absolute atomic E-state index is 0.116. The monoisotopic (exact) mass is 780 g/mol. The summed E-state index contributed by atoms with van der Waals surface area (Å²) in [7, 11) is 1.50. The van der Waals surface area contributed by atoms with Crippen molar-refractivity contribution in [2.75, 3.05) is 20.2 Å². The number of likely N-dealkylation sites (tertiary alicyclic amines) is 1. The summed E-state index contributed by atoms with van der Waals surface area (Å²) < 4.78 is 11.7. The van der Waals surface area contributed by atoms with Crippen LogP contribution >= 0.6 is 0 Å². The van der Waals surface area contributed by atoms with Gasteiger partial charge in [-0.25, -0.2) is 0 Å². The molecular formula is C44H64N2O10. The maximum absolute atomic E-state index is 13.2. The van der Waals surface area contributed by atoms with Crippen molar-refractivity contribution in [3.63, 3.8) is 0 Å². The van der Waals surface area contributed by atoms with E-state index in [0.29, 0.717) is 18.7 Å². The molecule has 0 aliphatic carbocycles. The fraction of sp³-hybridized carbons (Fsp3) is 0.523. The van der Waals surface area contributed by atoms with Gasteiger partial charge in [0.15, 0.2) is 11.6 Å². The second kappa shape index (κ2) is 23.2. The lowest BCUT2D eigenvalue weighted by Crippen LogP contribution is -2.60. The molecule has 0 aromatic heterocycles. The van der Waals surface area contributed by atoms with E-state index in [9.17, 15) is 39.9 Å². The number of likely N-dealkylation sites (N-methyl/N-ethyl adjacent to an activating group) is 1. The van der Waals surface area contributed by atoms with Crippen LogP contribution in [0.4, 0.5) is 0 Å². The highest BCUT2D eigenvalue weighted by atomic mass is 16.6. The van der Waals surface area contributed by atoms with Gasteiger partial charge in [-0.2, -0.15) is 0 Å². The van der Waals surface area contributed by atoms with Crippen LogP contribution in [0, 0.1) is 11.3 Å². The van der Waals surface area contributed by atoms with Crippen molar-refractivity contribution in [3.05, 3.63) is 108 Å². The van der Waals surface area contributed by atoms with Crippen LogP contribution < -0.4 is 5.32 Å². The minimum Gasteiger partial charge on any atom is -0.507 e.